The molecule has 0 aliphatic heterocycles. The molecule has 1 amide bonds. The fraction of sp³-hybridized carbons (Fsp3) is 0.417. The van der Waals surface area contributed by atoms with Gasteiger partial charge < -0.3 is 18.9 Å². The Morgan fingerprint density at radius 1 is 1.13 bits per heavy atom. The van der Waals surface area contributed by atoms with E-state index in [-0.39, 0.29) is 18.3 Å². The van der Waals surface area contributed by atoms with E-state index in [9.17, 15) is 4.79 Å². The summed E-state index contributed by atoms with van der Waals surface area (Å²) in [6, 6.07) is 12.1. The van der Waals surface area contributed by atoms with Crippen LogP contribution >= 0.6 is 12.4 Å². The molecule has 3 rings (SSSR count). The summed E-state index contributed by atoms with van der Waals surface area (Å²) in [5, 5.41) is 1.12. The van der Waals surface area contributed by atoms with Crippen molar-refractivity contribution in [3.05, 3.63) is 53.9 Å². The number of likely N-dealkylation sites (N-methyl/N-ethyl adjacent to an activating group) is 1. The summed E-state index contributed by atoms with van der Waals surface area (Å²) in [5.74, 6) is 1.91. The Bertz CT molecular complexity index is 1020. The van der Waals surface area contributed by atoms with Crippen molar-refractivity contribution in [1.29, 1.82) is 0 Å². The van der Waals surface area contributed by atoms with Gasteiger partial charge in [0.2, 0.25) is 5.91 Å². The number of carbonyl (C=O) groups is 1. The molecule has 0 N–H and O–H groups in total. The van der Waals surface area contributed by atoms with Crippen LogP contribution in [0.2, 0.25) is 0 Å². The van der Waals surface area contributed by atoms with Crippen LogP contribution in [0.5, 0.6) is 11.5 Å². The van der Waals surface area contributed by atoms with Gasteiger partial charge in [-0.1, -0.05) is 19.9 Å². The molecule has 0 saturated carbocycles. The zero-order chi connectivity index (χ0) is 21.7. The van der Waals surface area contributed by atoms with E-state index in [1.807, 2.05) is 31.3 Å². The van der Waals surface area contributed by atoms with Crippen molar-refractivity contribution in [3.63, 3.8) is 0 Å². The standard InChI is InChI=1S/C24H31N3O3.ClH/c1-17(2)20-16-19-7-6-12-25-24(19)27(20)14-11-23(28)26(3)13-10-18-8-9-21(29-4)22(15-18)30-5;/h6-9,12,15-17H,10-11,13-14H2,1-5H3;1H. The largest absolute Gasteiger partial charge is 0.493 e. The van der Waals surface area contributed by atoms with Crippen molar-refractivity contribution >= 4 is 29.3 Å². The number of fused-ring (bicyclic) bond motifs is 1. The summed E-state index contributed by atoms with van der Waals surface area (Å²) in [4.78, 5) is 19.1. The van der Waals surface area contributed by atoms with Gasteiger partial charge in [-0.2, -0.15) is 0 Å². The van der Waals surface area contributed by atoms with Crippen molar-refractivity contribution in [2.24, 2.45) is 0 Å². The highest BCUT2D eigenvalue weighted by molar-refractivity contribution is 5.85. The number of aromatic nitrogens is 2. The van der Waals surface area contributed by atoms with E-state index in [2.05, 4.69) is 35.5 Å². The highest BCUT2D eigenvalue weighted by Gasteiger charge is 2.15. The number of hydrogen-bond donors (Lipinski definition) is 0. The minimum atomic E-state index is 0. The Kier molecular flexibility index (Phi) is 8.75. The number of hydrogen-bond acceptors (Lipinski definition) is 4. The van der Waals surface area contributed by atoms with Crippen LogP contribution in [0.3, 0.4) is 0 Å². The number of benzene rings is 1. The van der Waals surface area contributed by atoms with Gasteiger partial charge in [-0.05, 0) is 48.2 Å². The van der Waals surface area contributed by atoms with E-state index in [1.54, 1.807) is 25.3 Å². The topological polar surface area (TPSA) is 56.6 Å². The lowest BCUT2D eigenvalue weighted by Gasteiger charge is -2.19. The summed E-state index contributed by atoms with van der Waals surface area (Å²) < 4.78 is 12.8. The van der Waals surface area contributed by atoms with Gasteiger partial charge in [0.1, 0.15) is 5.65 Å². The molecular weight excluding hydrogens is 414 g/mol. The number of nitrogens with zero attached hydrogens (tertiary/aromatic N) is 3. The molecule has 0 unspecified atom stereocenters. The van der Waals surface area contributed by atoms with E-state index in [4.69, 9.17) is 9.47 Å². The van der Waals surface area contributed by atoms with Crippen molar-refractivity contribution in [2.75, 3.05) is 27.8 Å². The van der Waals surface area contributed by atoms with Gasteiger partial charge in [-0.25, -0.2) is 4.98 Å². The first kappa shape index (κ1) is 24.5. The van der Waals surface area contributed by atoms with E-state index in [1.165, 1.54) is 5.69 Å². The lowest BCUT2D eigenvalue weighted by molar-refractivity contribution is -0.130. The normalized spacial score (nSPS) is 10.8. The highest BCUT2D eigenvalue weighted by atomic mass is 35.5. The number of rotatable bonds is 9. The molecule has 0 bridgehead atoms. The molecule has 7 heteroatoms. The van der Waals surface area contributed by atoms with E-state index in [0.717, 1.165) is 23.0 Å². The van der Waals surface area contributed by atoms with Crippen molar-refractivity contribution in [1.82, 2.24) is 14.5 Å². The molecule has 3 aromatic rings. The second kappa shape index (κ2) is 11.0. The second-order valence-electron chi connectivity index (χ2n) is 7.80. The molecule has 0 atom stereocenters. The Hall–Kier alpha value is -2.73. The van der Waals surface area contributed by atoms with Crippen LogP contribution in [0.25, 0.3) is 11.0 Å². The third-order valence-electron chi connectivity index (χ3n) is 5.44. The van der Waals surface area contributed by atoms with Crippen LogP contribution in [-0.4, -0.2) is 48.2 Å². The molecule has 168 valence electrons. The summed E-state index contributed by atoms with van der Waals surface area (Å²) >= 11 is 0. The van der Waals surface area contributed by atoms with Crippen molar-refractivity contribution in [3.8, 4) is 11.5 Å². The van der Waals surface area contributed by atoms with Crippen LogP contribution in [0.4, 0.5) is 0 Å². The number of pyridine rings is 1. The second-order valence-corrected chi connectivity index (χ2v) is 7.80. The van der Waals surface area contributed by atoms with E-state index in [0.29, 0.717) is 36.9 Å². The molecule has 0 spiro atoms. The van der Waals surface area contributed by atoms with Crippen molar-refractivity contribution in [2.45, 2.75) is 39.2 Å². The van der Waals surface area contributed by atoms with Gasteiger partial charge in [0.25, 0.3) is 0 Å². The molecule has 0 fully saturated rings. The zero-order valence-corrected chi connectivity index (χ0v) is 19.7. The van der Waals surface area contributed by atoms with E-state index < -0.39 is 0 Å². The number of ether oxygens (including phenoxy) is 2. The first-order valence-electron chi connectivity index (χ1n) is 10.3. The van der Waals surface area contributed by atoms with Crippen LogP contribution in [-0.2, 0) is 17.8 Å². The Morgan fingerprint density at radius 2 is 1.87 bits per heavy atom. The van der Waals surface area contributed by atoms with Gasteiger partial charge in [0.15, 0.2) is 11.5 Å². The molecule has 31 heavy (non-hydrogen) atoms. The van der Waals surface area contributed by atoms with E-state index >= 15 is 0 Å². The predicted octanol–water partition coefficient (Wildman–Crippen LogP) is 4.69. The minimum absolute atomic E-state index is 0. The SMILES string of the molecule is COc1ccc(CCN(C)C(=O)CCn2c(C(C)C)cc3cccnc32)cc1OC.Cl. The average molecular weight is 446 g/mol. The Balaban J connectivity index is 0.00000341. The zero-order valence-electron chi connectivity index (χ0n) is 18.9. The highest BCUT2D eigenvalue weighted by Crippen LogP contribution is 2.28. The van der Waals surface area contributed by atoms with Crippen LogP contribution < -0.4 is 9.47 Å². The molecule has 0 saturated heterocycles. The quantitative estimate of drug-likeness (QED) is 0.479. The molecule has 2 aromatic heterocycles. The third kappa shape index (κ3) is 5.70. The maximum atomic E-state index is 12.7. The molecule has 6 nitrogen and oxygen atoms in total. The Labute approximate surface area is 190 Å². The first-order chi connectivity index (χ1) is 14.4. The average Bonchev–Trinajstić information content (AvgIpc) is 3.14. The van der Waals surface area contributed by atoms with Gasteiger partial charge in [-0.15, -0.1) is 12.4 Å². The molecule has 0 radical (unpaired) electrons. The van der Waals surface area contributed by atoms with Gasteiger partial charge >= 0.3 is 0 Å². The molecular formula is C24H32ClN3O3. The van der Waals surface area contributed by atoms with Crippen LogP contribution in [0, 0.1) is 0 Å². The molecule has 1 aromatic carbocycles. The molecule has 2 heterocycles. The summed E-state index contributed by atoms with van der Waals surface area (Å²) in [5.41, 5.74) is 3.27. The molecule has 0 aliphatic carbocycles. The number of methoxy groups -OCH3 is 2. The summed E-state index contributed by atoms with van der Waals surface area (Å²) in [6.07, 6.45) is 3.01. The lowest BCUT2D eigenvalue weighted by Crippen LogP contribution is -2.29. The van der Waals surface area contributed by atoms with Crippen LogP contribution in [0.15, 0.2) is 42.6 Å². The summed E-state index contributed by atoms with van der Waals surface area (Å²) in [6.45, 7) is 5.62. The monoisotopic (exact) mass is 445 g/mol. The number of amides is 1. The smallest absolute Gasteiger partial charge is 0.224 e. The van der Waals surface area contributed by atoms with Gasteiger partial charge in [-0.3, -0.25) is 4.79 Å². The number of halogens is 1. The fourth-order valence-corrected chi connectivity index (χ4v) is 3.68. The van der Waals surface area contributed by atoms with Gasteiger partial charge in [0.05, 0.1) is 14.2 Å². The first-order valence-corrected chi connectivity index (χ1v) is 10.3. The summed E-state index contributed by atoms with van der Waals surface area (Å²) in [7, 11) is 5.11. The fourth-order valence-electron chi connectivity index (χ4n) is 3.68. The number of carbonyl (C=O) groups excluding carboxylic acids is 1. The third-order valence-corrected chi connectivity index (χ3v) is 5.44. The molecule has 0 aliphatic rings. The predicted molar refractivity (Wildman–Crippen MR) is 127 cm³/mol. The minimum Gasteiger partial charge on any atom is -0.493 e. The maximum Gasteiger partial charge on any atom is 0.224 e. The maximum absolute atomic E-state index is 12.7. The number of aryl methyl sites for hydroxylation is 1. The lowest BCUT2D eigenvalue weighted by atomic mass is 10.1. The Morgan fingerprint density at radius 3 is 2.55 bits per heavy atom. The van der Waals surface area contributed by atoms with Crippen LogP contribution in [0.1, 0.15) is 37.4 Å². The van der Waals surface area contributed by atoms with Gasteiger partial charge in [0, 0.05) is 43.8 Å². The van der Waals surface area contributed by atoms with Crippen molar-refractivity contribution < 1.29 is 14.3 Å².